The molecule has 1 heterocycles. The van der Waals surface area contributed by atoms with Gasteiger partial charge in [0.2, 0.25) is 0 Å². The highest BCUT2D eigenvalue weighted by Gasteiger charge is 2.35. The average Bonchev–Trinajstić information content (AvgIpc) is 3.13. The molecule has 0 aliphatic carbocycles. The van der Waals surface area contributed by atoms with Crippen LogP contribution >= 0.6 is 0 Å². The third-order valence-corrected chi connectivity index (χ3v) is 8.12. The molecule has 150 valence electrons. The Morgan fingerprint density at radius 1 is 0.655 bits per heavy atom. The Morgan fingerprint density at radius 3 is 1.45 bits per heavy atom. The number of anilines is 3. The van der Waals surface area contributed by atoms with E-state index in [0.29, 0.717) is 12.1 Å². The Kier molecular flexibility index (Phi) is 5.13. The van der Waals surface area contributed by atoms with Gasteiger partial charge < -0.3 is 16.4 Å². The fourth-order valence-corrected chi connectivity index (χ4v) is 5.56. The first kappa shape index (κ1) is 19.6. The van der Waals surface area contributed by atoms with Gasteiger partial charge in [0.15, 0.2) is 0 Å². The summed E-state index contributed by atoms with van der Waals surface area (Å²) < 4.78 is 0. The molecule has 3 aromatic carbocycles. The van der Waals surface area contributed by atoms with Gasteiger partial charge in [0.25, 0.3) is 0 Å². The van der Waals surface area contributed by atoms with E-state index in [0.717, 1.165) is 24.2 Å². The maximum atomic E-state index is 5.94. The fraction of sp³-hybridized carbons (Fsp3) is 0.280. The zero-order valence-electron chi connectivity index (χ0n) is 17.6. The molecule has 4 heteroatoms. The minimum Gasteiger partial charge on any atom is -0.399 e. The van der Waals surface area contributed by atoms with Crippen LogP contribution < -0.4 is 21.6 Å². The molecular formula is C25H31N3Si. The van der Waals surface area contributed by atoms with Gasteiger partial charge in [-0.25, -0.2) is 0 Å². The van der Waals surface area contributed by atoms with Crippen LogP contribution in [-0.4, -0.2) is 8.07 Å². The van der Waals surface area contributed by atoms with Crippen molar-refractivity contribution in [2.24, 2.45) is 0 Å². The molecule has 1 saturated heterocycles. The van der Waals surface area contributed by atoms with Crippen LogP contribution in [-0.2, 0) is 0 Å². The summed E-state index contributed by atoms with van der Waals surface area (Å²) in [6, 6.07) is 26.7. The van der Waals surface area contributed by atoms with Gasteiger partial charge in [-0.3, -0.25) is 0 Å². The molecule has 3 nitrogen and oxygen atoms in total. The Hall–Kier alpha value is -2.72. The van der Waals surface area contributed by atoms with E-state index >= 15 is 0 Å². The van der Waals surface area contributed by atoms with Gasteiger partial charge in [-0.2, -0.15) is 0 Å². The summed E-state index contributed by atoms with van der Waals surface area (Å²) in [7, 11) is -1.32. The lowest BCUT2D eigenvalue weighted by Gasteiger charge is -2.34. The predicted molar refractivity (Wildman–Crippen MR) is 128 cm³/mol. The normalized spacial score (nSPS) is 19.5. The van der Waals surface area contributed by atoms with E-state index in [4.69, 9.17) is 11.5 Å². The molecule has 2 atom stereocenters. The fourth-order valence-electron chi connectivity index (χ4n) is 4.40. The van der Waals surface area contributed by atoms with Gasteiger partial charge in [-0.15, -0.1) is 0 Å². The van der Waals surface area contributed by atoms with Crippen LogP contribution in [0.1, 0.15) is 36.1 Å². The highest BCUT2D eigenvalue weighted by atomic mass is 28.3. The summed E-state index contributed by atoms with van der Waals surface area (Å²) in [4.78, 5) is 2.59. The number of hydrogen-bond acceptors (Lipinski definition) is 3. The van der Waals surface area contributed by atoms with Crippen molar-refractivity contribution in [2.75, 3.05) is 16.4 Å². The molecule has 0 bridgehead atoms. The van der Waals surface area contributed by atoms with Crippen molar-refractivity contribution < 1.29 is 0 Å². The molecule has 3 aromatic rings. The van der Waals surface area contributed by atoms with Crippen LogP contribution in [0.2, 0.25) is 19.6 Å². The molecule has 0 spiro atoms. The summed E-state index contributed by atoms with van der Waals surface area (Å²) in [5, 5.41) is 1.49. The van der Waals surface area contributed by atoms with Crippen molar-refractivity contribution in [3.63, 3.8) is 0 Å². The lowest BCUT2D eigenvalue weighted by Crippen LogP contribution is -2.37. The van der Waals surface area contributed by atoms with Gasteiger partial charge in [-0.1, -0.05) is 61.2 Å². The monoisotopic (exact) mass is 401 g/mol. The minimum absolute atomic E-state index is 0.343. The third kappa shape index (κ3) is 4.03. The van der Waals surface area contributed by atoms with E-state index in [1.807, 2.05) is 24.3 Å². The first-order valence-corrected chi connectivity index (χ1v) is 13.9. The van der Waals surface area contributed by atoms with Crippen molar-refractivity contribution in [2.45, 2.75) is 44.6 Å². The molecule has 29 heavy (non-hydrogen) atoms. The Balaban J connectivity index is 1.74. The Bertz CT molecular complexity index is 903. The summed E-state index contributed by atoms with van der Waals surface area (Å²) in [5.74, 6) is 0. The Labute approximate surface area is 175 Å². The highest BCUT2D eigenvalue weighted by molar-refractivity contribution is 6.88. The second kappa shape index (κ2) is 7.60. The quantitative estimate of drug-likeness (QED) is 0.450. The summed E-state index contributed by atoms with van der Waals surface area (Å²) in [5.41, 5.74) is 17.4. The summed E-state index contributed by atoms with van der Waals surface area (Å²) in [6.45, 7) is 7.19. The topological polar surface area (TPSA) is 55.3 Å². The largest absolute Gasteiger partial charge is 0.399 e. The van der Waals surface area contributed by atoms with Crippen LogP contribution in [0.4, 0.5) is 17.1 Å². The van der Waals surface area contributed by atoms with E-state index in [9.17, 15) is 0 Å². The average molecular weight is 402 g/mol. The van der Waals surface area contributed by atoms with Gasteiger partial charge >= 0.3 is 0 Å². The van der Waals surface area contributed by atoms with Crippen molar-refractivity contribution in [1.82, 2.24) is 0 Å². The zero-order chi connectivity index (χ0) is 20.6. The smallest absolute Gasteiger partial charge is 0.0775 e. The number of nitrogen functional groups attached to an aromatic ring is 2. The van der Waals surface area contributed by atoms with E-state index in [2.05, 4.69) is 73.1 Å². The van der Waals surface area contributed by atoms with Crippen LogP contribution in [0.3, 0.4) is 0 Å². The molecule has 0 aromatic heterocycles. The van der Waals surface area contributed by atoms with Crippen molar-refractivity contribution in [3.8, 4) is 0 Å². The molecular weight excluding hydrogens is 370 g/mol. The van der Waals surface area contributed by atoms with Crippen LogP contribution in [0, 0.1) is 0 Å². The highest BCUT2D eigenvalue weighted by Crippen LogP contribution is 2.46. The van der Waals surface area contributed by atoms with Gasteiger partial charge in [0.05, 0.1) is 20.2 Å². The first-order chi connectivity index (χ1) is 13.8. The van der Waals surface area contributed by atoms with E-state index in [-0.39, 0.29) is 0 Å². The lowest BCUT2D eigenvalue weighted by molar-refractivity contribution is 0.675. The zero-order valence-corrected chi connectivity index (χ0v) is 18.6. The molecule has 0 saturated carbocycles. The van der Waals surface area contributed by atoms with E-state index in [1.54, 1.807) is 0 Å². The summed E-state index contributed by atoms with van der Waals surface area (Å²) >= 11 is 0. The van der Waals surface area contributed by atoms with Crippen molar-refractivity contribution >= 4 is 30.3 Å². The lowest BCUT2D eigenvalue weighted by atomic mass is 10.0. The minimum atomic E-state index is -1.32. The van der Waals surface area contributed by atoms with Gasteiger partial charge in [0, 0.05) is 17.1 Å². The second-order valence-corrected chi connectivity index (χ2v) is 14.2. The number of nitrogens with zero attached hydrogens (tertiary/aromatic N) is 1. The van der Waals surface area contributed by atoms with E-state index in [1.165, 1.54) is 22.0 Å². The molecule has 0 radical (unpaired) electrons. The Morgan fingerprint density at radius 2 is 1.07 bits per heavy atom. The molecule has 4 rings (SSSR count). The predicted octanol–water partition coefficient (Wildman–Crippen LogP) is 5.48. The molecule has 0 amide bonds. The number of hydrogen-bond donors (Lipinski definition) is 2. The summed E-state index contributed by atoms with van der Waals surface area (Å²) in [6.07, 6.45) is 2.24. The van der Waals surface area contributed by atoms with Gasteiger partial charge in [0.1, 0.15) is 0 Å². The van der Waals surface area contributed by atoms with E-state index < -0.39 is 8.07 Å². The maximum Gasteiger partial charge on any atom is 0.0775 e. The first-order valence-electron chi connectivity index (χ1n) is 10.4. The van der Waals surface area contributed by atoms with Crippen LogP contribution in [0.5, 0.6) is 0 Å². The number of rotatable bonds is 4. The third-order valence-electron chi connectivity index (χ3n) is 6.06. The van der Waals surface area contributed by atoms with Crippen LogP contribution in [0.15, 0.2) is 72.8 Å². The van der Waals surface area contributed by atoms with Gasteiger partial charge in [-0.05, 0) is 60.4 Å². The standard InChI is InChI=1S/C25H31N3Si/c1-29(2,3)23-14-12-22(13-15-23)28-24(18-4-8-20(26)9-5-18)16-17-25(28)19-6-10-21(27)11-7-19/h4-15,24-25H,16-17,26-27H2,1-3H3/t24-,25+. The van der Waals surface area contributed by atoms with Crippen molar-refractivity contribution in [3.05, 3.63) is 83.9 Å². The number of nitrogens with two attached hydrogens (primary N) is 2. The molecule has 4 N–H and O–H groups in total. The SMILES string of the molecule is C[Si](C)(C)c1ccc(N2[C@@H](c3ccc(N)cc3)CC[C@H]2c2ccc(N)cc2)cc1. The molecule has 1 aliphatic rings. The van der Waals surface area contributed by atoms with Crippen LogP contribution in [0.25, 0.3) is 0 Å². The maximum absolute atomic E-state index is 5.94. The van der Waals surface area contributed by atoms with Crippen molar-refractivity contribution in [1.29, 1.82) is 0 Å². The second-order valence-electron chi connectivity index (χ2n) is 9.15. The molecule has 0 unspecified atom stereocenters. The molecule has 1 aliphatic heterocycles. The molecule has 1 fully saturated rings. The number of benzene rings is 3.